The molecule has 90 valence electrons. The molecule has 3 nitrogen and oxygen atoms in total. The summed E-state index contributed by atoms with van der Waals surface area (Å²) in [5, 5.41) is 4.84. The molecule has 0 saturated heterocycles. The maximum Gasteiger partial charge on any atom is 0.223 e. The van der Waals surface area contributed by atoms with Crippen molar-refractivity contribution < 1.29 is 0 Å². The number of hydrogen-bond acceptors (Lipinski definition) is 4. The molecule has 1 N–H and O–H groups in total. The molecule has 2 rings (SSSR count). The Morgan fingerprint density at radius 1 is 1.47 bits per heavy atom. The van der Waals surface area contributed by atoms with Gasteiger partial charge < -0.3 is 5.32 Å². The second-order valence-electron chi connectivity index (χ2n) is 3.80. The minimum Gasteiger partial charge on any atom is -0.353 e. The molecule has 2 aromatic rings. The van der Waals surface area contributed by atoms with E-state index in [4.69, 9.17) is 0 Å². The van der Waals surface area contributed by atoms with Crippen LogP contribution in [0, 0.1) is 0 Å². The molecule has 0 fully saturated rings. The summed E-state index contributed by atoms with van der Waals surface area (Å²) >= 11 is 5.33. The van der Waals surface area contributed by atoms with Crippen LogP contribution >= 0.6 is 27.7 Å². The molecule has 1 aromatic heterocycles. The highest BCUT2D eigenvalue weighted by molar-refractivity contribution is 9.10. The largest absolute Gasteiger partial charge is 0.353 e. The molecule has 1 unspecified atom stereocenters. The van der Waals surface area contributed by atoms with Gasteiger partial charge in [0.05, 0.1) is 5.52 Å². The lowest BCUT2D eigenvalue weighted by atomic mass is 10.2. The van der Waals surface area contributed by atoms with Crippen molar-refractivity contribution in [1.29, 1.82) is 0 Å². The van der Waals surface area contributed by atoms with Gasteiger partial charge in [-0.05, 0) is 28.3 Å². The molecule has 17 heavy (non-hydrogen) atoms. The third-order valence-corrected chi connectivity index (χ3v) is 4.12. The van der Waals surface area contributed by atoms with Crippen molar-refractivity contribution in [3.63, 3.8) is 0 Å². The molecule has 0 saturated carbocycles. The fraction of sp³-hybridized carbons (Fsp3) is 0.333. The molecular weight excluding hydrogens is 298 g/mol. The smallest absolute Gasteiger partial charge is 0.223 e. The first-order valence-corrected chi connectivity index (χ1v) is 7.46. The highest BCUT2D eigenvalue weighted by Crippen LogP contribution is 2.22. The monoisotopic (exact) mass is 311 g/mol. The van der Waals surface area contributed by atoms with Crippen LogP contribution in [-0.2, 0) is 0 Å². The number of nitrogens with zero attached hydrogens (tertiary/aromatic N) is 2. The van der Waals surface area contributed by atoms with E-state index in [0.717, 1.165) is 21.9 Å². The van der Waals surface area contributed by atoms with E-state index >= 15 is 0 Å². The maximum absolute atomic E-state index is 4.50. The molecule has 0 bridgehead atoms. The van der Waals surface area contributed by atoms with Crippen LogP contribution in [0.25, 0.3) is 10.9 Å². The Balaban J connectivity index is 2.22. The molecule has 1 aromatic carbocycles. The second-order valence-corrected chi connectivity index (χ2v) is 5.93. The number of anilines is 1. The Morgan fingerprint density at radius 3 is 3.06 bits per heavy atom. The third kappa shape index (κ3) is 3.10. The number of fused-ring (bicyclic) bond motifs is 1. The number of hydrogen-bond donors (Lipinski definition) is 1. The predicted molar refractivity (Wildman–Crippen MR) is 78.7 cm³/mol. The van der Waals surface area contributed by atoms with Crippen molar-refractivity contribution in [2.75, 3.05) is 18.1 Å². The van der Waals surface area contributed by atoms with Gasteiger partial charge in [-0.2, -0.15) is 11.8 Å². The first-order valence-electron chi connectivity index (χ1n) is 5.38. The highest BCUT2D eigenvalue weighted by atomic mass is 79.9. The number of nitrogens with one attached hydrogen (secondary N) is 1. The third-order valence-electron chi connectivity index (χ3n) is 2.51. The summed E-state index contributed by atoms with van der Waals surface area (Å²) in [4.78, 5) is 8.80. The van der Waals surface area contributed by atoms with E-state index in [1.807, 2.05) is 36.2 Å². The Morgan fingerprint density at radius 2 is 2.29 bits per heavy atom. The lowest BCUT2D eigenvalue weighted by Crippen LogP contribution is -2.14. The summed E-state index contributed by atoms with van der Waals surface area (Å²) in [6.45, 7) is 3.05. The summed E-state index contributed by atoms with van der Waals surface area (Å²) in [5.41, 5.74) is 0.946. The van der Waals surface area contributed by atoms with E-state index in [2.05, 4.69) is 44.4 Å². The molecule has 0 aliphatic rings. The average Bonchev–Trinajstić information content (AvgIpc) is 2.36. The molecule has 0 radical (unpaired) electrons. The summed E-state index contributed by atoms with van der Waals surface area (Å²) in [5.74, 6) is 0.685. The predicted octanol–water partition coefficient (Wildman–Crippen LogP) is 3.56. The van der Waals surface area contributed by atoms with Gasteiger partial charge in [0.15, 0.2) is 0 Å². The number of para-hydroxylation sites is 1. The number of halogens is 1. The Bertz CT molecular complexity index is 518. The Labute approximate surface area is 114 Å². The van der Waals surface area contributed by atoms with Gasteiger partial charge in [-0.3, -0.25) is 0 Å². The normalized spacial score (nSPS) is 12.6. The molecule has 0 aliphatic carbocycles. The Kier molecular flexibility index (Phi) is 4.23. The zero-order chi connectivity index (χ0) is 12.3. The molecule has 1 atom stereocenters. The molecule has 0 amide bonds. The topological polar surface area (TPSA) is 37.8 Å². The van der Waals surface area contributed by atoms with Gasteiger partial charge in [0.2, 0.25) is 5.95 Å². The minimum absolute atomic E-state index is 0.550. The summed E-state index contributed by atoms with van der Waals surface area (Å²) in [7, 11) is 0. The van der Waals surface area contributed by atoms with Crippen LogP contribution in [0.2, 0.25) is 0 Å². The van der Waals surface area contributed by atoms with E-state index in [1.54, 1.807) is 0 Å². The standard InChI is InChI=1S/C12H14BrN3S/c1-8(17-2)6-14-12-15-7-9-4-3-5-10(13)11(9)16-12/h3-5,7-8H,6H2,1-2H3,(H,14,15,16). The van der Waals surface area contributed by atoms with Crippen molar-refractivity contribution in [2.45, 2.75) is 12.2 Å². The molecular formula is C12H14BrN3S. The Hall–Kier alpha value is -0.810. The van der Waals surface area contributed by atoms with Crippen molar-refractivity contribution in [3.8, 4) is 0 Å². The van der Waals surface area contributed by atoms with Crippen molar-refractivity contribution in [3.05, 3.63) is 28.9 Å². The van der Waals surface area contributed by atoms with Gasteiger partial charge in [0.1, 0.15) is 0 Å². The fourth-order valence-electron chi connectivity index (χ4n) is 1.42. The van der Waals surface area contributed by atoms with Crippen LogP contribution in [0.5, 0.6) is 0 Å². The van der Waals surface area contributed by atoms with Crippen molar-refractivity contribution in [2.24, 2.45) is 0 Å². The lowest BCUT2D eigenvalue weighted by molar-refractivity contribution is 0.977. The highest BCUT2D eigenvalue weighted by Gasteiger charge is 2.04. The minimum atomic E-state index is 0.550. The number of benzene rings is 1. The first kappa shape index (κ1) is 12.6. The molecule has 1 heterocycles. The van der Waals surface area contributed by atoms with Crippen LogP contribution in [-0.4, -0.2) is 28.0 Å². The molecule has 0 aliphatic heterocycles. The van der Waals surface area contributed by atoms with Crippen molar-refractivity contribution in [1.82, 2.24) is 9.97 Å². The zero-order valence-corrected chi connectivity index (χ0v) is 12.2. The second kappa shape index (κ2) is 5.69. The van der Waals surface area contributed by atoms with Gasteiger partial charge >= 0.3 is 0 Å². The first-order chi connectivity index (χ1) is 8.20. The van der Waals surface area contributed by atoms with Gasteiger partial charge in [-0.1, -0.05) is 19.1 Å². The maximum atomic E-state index is 4.50. The van der Waals surface area contributed by atoms with E-state index in [1.165, 1.54) is 0 Å². The van der Waals surface area contributed by atoms with Gasteiger partial charge in [-0.25, -0.2) is 9.97 Å². The fourth-order valence-corrected chi connectivity index (χ4v) is 2.14. The average molecular weight is 312 g/mol. The van der Waals surface area contributed by atoms with Crippen LogP contribution < -0.4 is 5.32 Å². The molecule has 5 heteroatoms. The van der Waals surface area contributed by atoms with Crippen LogP contribution in [0.3, 0.4) is 0 Å². The number of rotatable bonds is 4. The zero-order valence-electron chi connectivity index (χ0n) is 9.77. The van der Waals surface area contributed by atoms with Crippen LogP contribution in [0.1, 0.15) is 6.92 Å². The summed E-state index contributed by atoms with van der Waals surface area (Å²) in [6.07, 6.45) is 3.95. The lowest BCUT2D eigenvalue weighted by Gasteiger charge is -2.10. The van der Waals surface area contributed by atoms with Crippen LogP contribution in [0.4, 0.5) is 5.95 Å². The number of thioether (sulfide) groups is 1. The van der Waals surface area contributed by atoms with Gasteiger partial charge in [-0.15, -0.1) is 0 Å². The van der Waals surface area contributed by atoms with E-state index in [0.29, 0.717) is 11.2 Å². The number of aromatic nitrogens is 2. The van der Waals surface area contributed by atoms with E-state index < -0.39 is 0 Å². The molecule has 0 spiro atoms. The summed E-state index contributed by atoms with van der Waals surface area (Å²) < 4.78 is 0.998. The SMILES string of the molecule is CSC(C)CNc1ncc2cccc(Br)c2n1. The summed E-state index contributed by atoms with van der Waals surface area (Å²) in [6, 6.07) is 5.98. The van der Waals surface area contributed by atoms with E-state index in [-0.39, 0.29) is 0 Å². The van der Waals surface area contributed by atoms with Gasteiger partial charge in [0, 0.05) is 27.9 Å². The quantitative estimate of drug-likeness (QED) is 0.937. The van der Waals surface area contributed by atoms with Gasteiger partial charge in [0.25, 0.3) is 0 Å². The van der Waals surface area contributed by atoms with Crippen molar-refractivity contribution >= 4 is 44.5 Å². The van der Waals surface area contributed by atoms with Crippen LogP contribution in [0.15, 0.2) is 28.9 Å². The van der Waals surface area contributed by atoms with E-state index in [9.17, 15) is 0 Å².